The number of hydrogen-bond acceptors (Lipinski definition) is 4. The Labute approximate surface area is 133 Å². The summed E-state index contributed by atoms with van der Waals surface area (Å²) in [4.78, 5) is 14.4. The van der Waals surface area contributed by atoms with E-state index in [2.05, 4.69) is 21.6 Å². The van der Waals surface area contributed by atoms with Gasteiger partial charge in [-0.15, -0.1) is 0 Å². The van der Waals surface area contributed by atoms with E-state index < -0.39 is 0 Å². The predicted molar refractivity (Wildman–Crippen MR) is 90.5 cm³/mol. The Kier molecular flexibility index (Phi) is 7.19. The molecule has 1 fully saturated rings. The van der Waals surface area contributed by atoms with E-state index in [1.807, 2.05) is 18.2 Å². The molecule has 5 heteroatoms. The van der Waals surface area contributed by atoms with Crippen molar-refractivity contribution in [1.29, 1.82) is 0 Å². The SMILES string of the molecule is COCCNCC(=O)Nc1ccccc1N1CCCCCC1. The van der Waals surface area contributed by atoms with E-state index in [0.29, 0.717) is 19.7 Å². The molecule has 1 heterocycles. The molecule has 0 saturated carbocycles. The summed E-state index contributed by atoms with van der Waals surface area (Å²) >= 11 is 0. The van der Waals surface area contributed by atoms with E-state index in [4.69, 9.17) is 4.74 Å². The van der Waals surface area contributed by atoms with Gasteiger partial charge in [0.2, 0.25) is 5.91 Å². The number of rotatable bonds is 7. The Morgan fingerprint density at radius 3 is 2.64 bits per heavy atom. The van der Waals surface area contributed by atoms with Gasteiger partial charge in [0.1, 0.15) is 0 Å². The van der Waals surface area contributed by atoms with Gasteiger partial charge >= 0.3 is 0 Å². The molecular formula is C17H27N3O2. The number of nitrogens with zero attached hydrogens (tertiary/aromatic N) is 1. The van der Waals surface area contributed by atoms with E-state index in [1.165, 1.54) is 25.7 Å². The number of methoxy groups -OCH3 is 1. The molecule has 1 aromatic carbocycles. The number of hydrogen-bond donors (Lipinski definition) is 2. The zero-order valence-electron chi connectivity index (χ0n) is 13.4. The molecular weight excluding hydrogens is 278 g/mol. The lowest BCUT2D eigenvalue weighted by Gasteiger charge is -2.25. The minimum atomic E-state index is -0.0154. The molecule has 0 unspecified atom stereocenters. The van der Waals surface area contributed by atoms with Crippen molar-refractivity contribution in [3.63, 3.8) is 0 Å². The van der Waals surface area contributed by atoms with Crippen LogP contribution in [-0.2, 0) is 9.53 Å². The molecule has 0 radical (unpaired) electrons. The summed E-state index contributed by atoms with van der Waals surface area (Å²) in [5.41, 5.74) is 2.04. The topological polar surface area (TPSA) is 53.6 Å². The minimum Gasteiger partial charge on any atom is -0.383 e. The molecule has 0 aromatic heterocycles. The second kappa shape index (κ2) is 9.43. The zero-order chi connectivity index (χ0) is 15.6. The van der Waals surface area contributed by atoms with Crippen LogP contribution >= 0.6 is 0 Å². The molecule has 22 heavy (non-hydrogen) atoms. The Morgan fingerprint density at radius 1 is 1.18 bits per heavy atom. The van der Waals surface area contributed by atoms with Gasteiger partial charge in [0, 0.05) is 26.7 Å². The van der Waals surface area contributed by atoms with Crippen molar-refractivity contribution in [3.05, 3.63) is 24.3 Å². The highest BCUT2D eigenvalue weighted by atomic mass is 16.5. The Balaban J connectivity index is 1.94. The van der Waals surface area contributed by atoms with Gasteiger partial charge in [0.05, 0.1) is 24.5 Å². The Bertz CT molecular complexity index is 457. The van der Waals surface area contributed by atoms with Crippen molar-refractivity contribution in [3.8, 4) is 0 Å². The number of anilines is 2. The van der Waals surface area contributed by atoms with Crippen LogP contribution < -0.4 is 15.5 Å². The summed E-state index contributed by atoms with van der Waals surface area (Å²) in [6.07, 6.45) is 5.05. The van der Waals surface area contributed by atoms with E-state index in [-0.39, 0.29) is 5.91 Å². The van der Waals surface area contributed by atoms with Gasteiger partial charge in [-0.2, -0.15) is 0 Å². The lowest BCUT2D eigenvalue weighted by Crippen LogP contribution is -2.31. The highest BCUT2D eigenvalue weighted by molar-refractivity contribution is 5.95. The van der Waals surface area contributed by atoms with E-state index in [1.54, 1.807) is 7.11 Å². The van der Waals surface area contributed by atoms with Crippen LogP contribution in [-0.4, -0.2) is 45.8 Å². The Hall–Kier alpha value is -1.59. The molecule has 0 bridgehead atoms. The first kappa shape index (κ1) is 16.8. The quantitative estimate of drug-likeness (QED) is 0.759. The first-order valence-electron chi connectivity index (χ1n) is 8.15. The molecule has 1 aliphatic heterocycles. The average molecular weight is 305 g/mol. The summed E-state index contributed by atoms with van der Waals surface area (Å²) < 4.78 is 4.95. The molecule has 1 aliphatic rings. The van der Waals surface area contributed by atoms with Gasteiger partial charge in [0.15, 0.2) is 0 Å². The summed E-state index contributed by atoms with van der Waals surface area (Å²) in [5.74, 6) is -0.0154. The van der Waals surface area contributed by atoms with Gasteiger partial charge in [-0.25, -0.2) is 0 Å². The standard InChI is InChI=1S/C17H27N3O2/c1-22-13-10-18-14-17(21)19-15-8-4-5-9-16(15)20-11-6-2-3-7-12-20/h4-5,8-9,18H,2-3,6-7,10-14H2,1H3,(H,19,21). The maximum atomic E-state index is 12.0. The van der Waals surface area contributed by atoms with E-state index >= 15 is 0 Å². The average Bonchev–Trinajstić information content (AvgIpc) is 2.81. The fourth-order valence-electron chi connectivity index (χ4n) is 2.74. The second-order valence-corrected chi connectivity index (χ2v) is 5.64. The van der Waals surface area contributed by atoms with Crippen LogP contribution in [0.1, 0.15) is 25.7 Å². The van der Waals surface area contributed by atoms with Crippen LogP contribution in [0.4, 0.5) is 11.4 Å². The maximum Gasteiger partial charge on any atom is 0.238 e. The first-order valence-corrected chi connectivity index (χ1v) is 8.15. The molecule has 122 valence electrons. The smallest absolute Gasteiger partial charge is 0.238 e. The molecule has 1 aromatic rings. The van der Waals surface area contributed by atoms with E-state index in [9.17, 15) is 4.79 Å². The van der Waals surface area contributed by atoms with Gasteiger partial charge in [0.25, 0.3) is 0 Å². The minimum absolute atomic E-state index is 0.0154. The number of nitrogens with one attached hydrogen (secondary N) is 2. The summed E-state index contributed by atoms with van der Waals surface area (Å²) in [7, 11) is 1.65. The fourth-order valence-corrected chi connectivity index (χ4v) is 2.74. The maximum absolute atomic E-state index is 12.0. The summed E-state index contributed by atoms with van der Waals surface area (Å²) in [5, 5.41) is 6.09. The highest BCUT2D eigenvalue weighted by Crippen LogP contribution is 2.27. The zero-order valence-corrected chi connectivity index (χ0v) is 13.4. The summed E-state index contributed by atoms with van der Waals surface area (Å²) in [6.45, 7) is 3.73. The molecule has 5 nitrogen and oxygen atoms in total. The van der Waals surface area contributed by atoms with Crippen LogP contribution in [0.3, 0.4) is 0 Å². The van der Waals surface area contributed by atoms with Crippen molar-refractivity contribution < 1.29 is 9.53 Å². The van der Waals surface area contributed by atoms with E-state index in [0.717, 1.165) is 24.5 Å². The molecule has 0 aliphatic carbocycles. The molecule has 2 N–H and O–H groups in total. The Morgan fingerprint density at radius 2 is 1.91 bits per heavy atom. The highest BCUT2D eigenvalue weighted by Gasteiger charge is 2.14. The van der Waals surface area contributed by atoms with Crippen LogP contribution in [0.15, 0.2) is 24.3 Å². The number of para-hydroxylation sites is 2. The molecule has 0 spiro atoms. The first-order chi connectivity index (χ1) is 10.8. The number of amides is 1. The normalized spacial score (nSPS) is 15.4. The lowest BCUT2D eigenvalue weighted by molar-refractivity contribution is -0.115. The number of benzene rings is 1. The van der Waals surface area contributed by atoms with Crippen LogP contribution in [0.5, 0.6) is 0 Å². The fraction of sp³-hybridized carbons (Fsp3) is 0.588. The number of carbonyl (C=O) groups is 1. The van der Waals surface area contributed by atoms with Crippen LogP contribution in [0.2, 0.25) is 0 Å². The van der Waals surface area contributed by atoms with Crippen LogP contribution in [0, 0.1) is 0 Å². The van der Waals surface area contributed by atoms with Crippen molar-refractivity contribution in [2.75, 3.05) is 50.1 Å². The molecule has 1 saturated heterocycles. The van der Waals surface area contributed by atoms with Crippen molar-refractivity contribution in [1.82, 2.24) is 5.32 Å². The predicted octanol–water partition coefficient (Wildman–Crippen LogP) is 2.24. The van der Waals surface area contributed by atoms with Gasteiger partial charge < -0.3 is 20.3 Å². The molecule has 0 atom stereocenters. The van der Waals surface area contributed by atoms with Crippen LogP contribution in [0.25, 0.3) is 0 Å². The molecule has 2 rings (SSSR count). The number of ether oxygens (including phenoxy) is 1. The summed E-state index contributed by atoms with van der Waals surface area (Å²) in [6, 6.07) is 8.08. The monoisotopic (exact) mass is 305 g/mol. The van der Waals surface area contributed by atoms with Gasteiger partial charge in [-0.3, -0.25) is 4.79 Å². The molecule has 1 amide bonds. The second-order valence-electron chi connectivity index (χ2n) is 5.64. The third-order valence-electron chi connectivity index (χ3n) is 3.89. The van der Waals surface area contributed by atoms with Crippen molar-refractivity contribution in [2.24, 2.45) is 0 Å². The third-order valence-corrected chi connectivity index (χ3v) is 3.89. The van der Waals surface area contributed by atoms with Gasteiger partial charge in [-0.1, -0.05) is 25.0 Å². The number of carbonyl (C=O) groups excluding carboxylic acids is 1. The van der Waals surface area contributed by atoms with Gasteiger partial charge in [-0.05, 0) is 25.0 Å². The lowest BCUT2D eigenvalue weighted by atomic mass is 10.2. The van der Waals surface area contributed by atoms with Crippen molar-refractivity contribution >= 4 is 17.3 Å². The third kappa shape index (κ3) is 5.31. The largest absolute Gasteiger partial charge is 0.383 e. The van der Waals surface area contributed by atoms with Crippen molar-refractivity contribution in [2.45, 2.75) is 25.7 Å².